The molecule has 0 aliphatic carbocycles. The van der Waals surface area contributed by atoms with E-state index in [-0.39, 0.29) is 24.1 Å². The van der Waals surface area contributed by atoms with Crippen LogP contribution in [0.25, 0.3) is 0 Å². The SMILES string of the molecule is O=C(ON1C(=O)CCC1=O)c1cccc([N+](=O)[O-])c1. The zero-order valence-electron chi connectivity index (χ0n) is 9.57. The molecule has 19 heavy (non-hydrogen) atoms. The zero-order chi connectivity index (χ0) is 14.0. The first kappa shape index (κ1) is 12.7. The summed E-state index contributed by atoms with van der Waals surface area (Å²) in [5, 5.41) is 10.9. The molecule has 2 amide bonds. The lowest BCUT2D eigenvalue weighted by atomic mass is 10.2. The molecule has 1 heterocycles. The Morgan fingerprint density at radius 1 is 1.26 bits per heavy atom. The Balaban J connectivity index is 2.16. The normalized spacial score (nSPS) is 14.6. The molecule has 8 nitrogen and oxygen atoms in total. The lowest BCUT2D eigenvalue weighted by molar-refractivity contribution is -0.384. The van der Waals surface area contributed by atoms with Gasteiger partial charge < -0.3 is 4.84 Å². The van der Waals surface area contributed by atoms with Crippen molar-refractivity contribution in [1.29, 1.82) is 0 Å². The van der Waals surface area contributed by atoms with Crippen LogP contribution in [0.15, 0.2) is 24.3 Å². The molecule has 0 bridgehead atoms. The minimum atomic E-state index is -0.993. The second-order valence-electron chi connectivity index (χ2n) is 3.77. The number of nitro benzene ring substituents is 1. The summed E-state index contributed by atoms with van der Waals surface area (Å²) in [7, 11) is 0. The first-order valence-corrected chi connectivity index (χ1v) is 5.31. The van der Waals surface area contributed by atoms with Crippen LogP contribution in [0, 0.1) is 10.1 Å². The third-order valence-electron chi connectivity index (χ3n) is 2.47. The van der Waals surface area contributed by atoms with Crippen molar-refractivity contribution in [3.63, 3.8) is 0 Å². The summed E-state index contributed by atoms with van der Waals surface area (Å²) in [4.78, 5) is 48.7. The van der Waals surface area contributed by atoms with Gasteiger partial charge in [0.2, 0.25) is 0 Å². The monoisotopic (exact) mass is 264 g/mol. The Labute approximate surface area is 106 Å². The zero-order valence-corrected chi connectivity index (χ0v) is 9.57. The fraction of sp³-hybridized carbons (Fsp3) is 0.182. The van der Waals surface area contributed by atoms with Gasteiger partial charge in [-0.05, 0) is 6.07 Å². The highest BCUT2D eigenvalue weighted by Gasteiger charge is 2.33. The molecule has 1 fully saturated rings. The van der Waals surface area contributed by atoms with Crippen LogP contribution in [0.1, 0.15) is 23.2 Å². The Bertz CT molecular complexity index is 566. The predicted octanol–water partition coefficient (Wildman–Crippen LogP) is 0.816. The highest BCUT2D eigenvalue weighted by atomic mass is 16.7. The number of nitro groups is 1. The molecule has 2 rings (SSSR count). The first-order chi connectivity index (χ1) is 8.99. The summed E-state index contributed by atoms with van der Waals surface area (Å²) in [5.41, 5.74) is -0.393. The second kappa shape index (κ2) is 4.84. The van der Waals surface area contributed by atoms with Crippen molar-refractivity contribution < 1.29 is 24.1 Å². The van der Waals surface area contributed by atoms with Gasteiger partial charge in [-0.1, -0.05) is 6.07 Å². The highest BCUT2D eigenvalue weighted by Crippen LogP contribution is 2.17. The number of non-ortho nitro benzene ring substituents is 1. The molecule has 0 saturated carbocycles. The Morgan fingerprint density at radius 3 is 2.47 bits per heavy atom. The molecular formula is C11H8N2O6. The smallest absolute Gasteiger partial charge is 0.325 e. The fourth-order valence-electron chi connectivity index (χ4n) is 1.54. The predicted molar refractivity (Wildman–Crippen MR) is 59.6 cm³/mol. The lowest BCUT2D eigenvalue weighted by Gasteiger charge is -2.12. The van der Waals surface area contributed by atoms with Crippen LogP contribution in [-0.2, 0) is 14.4 Å². The minimum absolute atomic E-state index is 0.0128. The van der Waals surface area contributed by atoms with Crippen LogP contribution in [0.2, 0.25) is 0 Å². The molecule has 1 saturated heterocycles. The van der Waals surface area contributed by atoms with Gasteiger partial charge in [0.15, 0.2) is 0 Å². The largest absolute Gasteiger partial charge is 0.364 e. The maximum atomic E-state index is 11.7. The van der Waals surface area contributed by atoms with E-state index in [9.17, 15) is 24.5 Å². The standard InChI is InChI=1S/C11H8N2O6/c14-9-4-5-10(15)12(9)19-11(16)7-2-1-3-8(6-7)13(17)18/h1-3,6H,4-5H2. The van der Waals surface area contributed by atoms with Crippen LogP contribution >= 0.6 is 0 Å². The Hall–Kier alpha value is -2.77. The molecule has 0 aromatic heterocycles. The summed E-state index contributed by atoms with van der Waals surface area (Å²) in [5.74, 6) is -2.21. The van der Waals surface area contributed by atoms with Crippen LogP contribution in [0.3, 0.4) is 0 Å². The van der Waals surface area contributed by atoms with Crippen molar-refractivity contribution in [1.82, 2.24) is 5.06 Å². The number of benzene rings is 1. The van der Waals surface area contributed by atoms with Gasteiger partial charge >= 0.3 is 5.97 Å². The third-order valence-corrected chi connectivity index (χ3v) is 2.47. The second-order valence-corrected chi connectivity index (χ2v) is 3.77. The van der Waals surface area contributed by atoms with E-state index in [4.69, 9.17) is 0 Å². The van der Waals surface area contributed by atoms with Crippen molar-refractivity contribution >= 4 is 23.5 Å². The van der Waals surface area contributed by atoms with E-state index in [1.165, 1.54) is 18.2 Å². The summed E-state index contributed by atoms with van der Waals surface area (Å²) < 4.78 is 0. The molecule has 0 spiro atoms. The van der Waals surface area contributed by atoms with Crippen molar-refractivity contribution in [2.75, 3.05) is 0 Å². The molecule has 1 aromatic rings. The van der Waals surface area contributed by atoms with Crippen molar-refractivity contribution in [3.05, 3.63) is 39.9 Å². The van der Waals surface area contributed by atoms with Gasteiger partial charge in [-0.3, -0.25) is 19.7 Å². The summed E-state index contributed by atoms with van der Waals surface area (Å²) in [6, 6.07) is 4.82. The quantitative estimate of drug-likeness (QED) is 0.454. The van der Waals surface area contributed by atoms with Gasteiger partial charge in [0.1, 0.15) is 0 Å². The fourth-order valence-corrected chi connectivity index (χ4v) is 1.54. The highest BCUT2D eigenvalue weighted by molar-refractivity contribution is 6.02. The lowest BCUT2D eigenvalue weighted by Crippen LogP contribution is -2.32. The number of hydrogen-bond donors (Lipinski definition) is 0. The topological polar surface area (TPSA) is 107 Å². The van der Waals surface area contributed by atoms with E-state index >= 15 is 0 Å². The average Bonchev–Trinajstić information content (AvgIpc) is 2.70. The molecule has 0 radical (unpaired) electrons. The first-order valence-electron chi connectivity index (χ1n) is 5.31. The molecule has 0 unspecified atom stereocenters. The number of nitrogens with zero attached hydrogens (tertiary/aromatic N) is 2. The van der Waals surface area contributed by atoms with Crippen LogP contribution in [-0.4, -0.2) is 27.8 Å². The molecule has 0 N–H and O–H groups in total. The summed E-state index contributed by atoms with van der Waals surface area (Å²) >= 11 is 0. The number of rotatable bonds is 3. The molecule has 1 aliphatic heterocycles. The van der Waals surface area contributed by atoms with Gasteiger partial charge in [-0.2, -0.15) is 0 Å². The van der Waals surface area contributed by atoms with E-state index in [0.29, 0.717) is 5.06 Å². The van der Waals surface area contributed by atoms with Crippen LogP contribution in [0.4, 0.5) is 5.69 Å². The van der Waals surface area contributed by atoms with Crippen molar-refractivity contribution in [2.24, 2.45) is 0 Å². The molecular weight excluding hydrogens is 256 g/mol. The van der Waals surface area contributed by atoms with Gasteiger partial charge in [0.05, 0.1) is 10.5 Å². The summed E-state index contributed by atoms with van der Waals surface area (Å²) in [6.07, 6.45) is -0.0257. The third kappa shape index (κ3) is 2.57. The van der Waals surface area contributed by atoms with E-state index in [2.05, 4.69) is 4.84 Å². The van der Waals surface area contributed by atoms with Crippen molar-refractivity contribution in [2.45, 2.75) is 12.8 Å². The van der Waals surface area contributed by atoms with Gasteiger partial charge in [-0.15, -0.1) is 5.06 Å². The number of carbonyl (C=O) groups is 3. The Kier molecular flexibility index (Phi) is 3.23. The molecule has 1 aliphatic rings. The minimum Gasteiger partial charge on any atom is -0.325 e. The van der Waals surface area contributed by atoms with E-state index in [1.807, 2.05) is 0 Å². The summed E-state index contributed by atoms with van der Waals surface area (Å²) in [6.45, 7) is 0. The number of hydroxylamine groups is 2. The van der Waals surface area contributed by atoms with Gasteiger partial charge in [0, 0.05) is 25.0 Å². The van der Waals surface area contributed by atoms with Gasteiger partial charge in [0.25, 0.3) is 17.5 Å². The molecule has 1 aromatic carbocycles. The average molecular weight is 264 g/mol. The van der Waals surface area contributed by atoms with Gasteiger partial charge in [-0.25, -0.2) is 4.79 Å². The Morgan fingerprint density at radius 2 is 1.89 bits per heavy atom. The maximum Gasteiger partial charge on any atom is 0.364 e. The molecule has 98 valence electrons. The van der Waals surface area contributed by atoms with E-state index in [1.54, 1.807) is 0 Å². The van der Waals surface area contributed by atoms with E-state index in [0.717, 1.165) is 6.07 Å². The number of carbonyl (C=O) groups excluding carboxylic acids is 3. The van der Waals surface area contributed by atoms with Crippen LogP contribution < -0.4 is 0 Å². The van der Waals surface area contributed by atoms with E-state index < -0.39 is 22.7 Å². The van der Waals surface area contributed by atoms with Crippen LogP contribution in [0.5, 0.6) is 0 Å². The number of hydrogen-bond acceptors (Lipinski definition) is 6. The molecule has 0 atom stereocenters. The number of imide groups is 1. The molecule has 8 heteroatoms. The number of amides is 2. The maximum absolute atomic E-state index is 11.7. The van der Waals surface area contributed by atoms with Crippen molar-refractivity contribution in [3.8, 4) is 0 Å².